The van der Waals surface area contributed by atoms with E-state index in [2.05, 4.69) is 6.58 Å². The van der Waals surface area contributed by atoms with Gasteiger partial charge in [0.2, 0.25) is 11.2 Å². The van der Waals surface area contributed by atoms with E-state index in [0.717, 1.165) is 6.26 Å². The van der Waals surface area contributed by atoms with Crippen LogP contribution in [-0.4, -0.2) is 33.6 Å². The molecule has 3 rings (SSSR count). The van der Waals surface area contributed by atoms with Gasteiger partial charge in [0.1, 0.15) is 23.1 Å². The Bertz CT molecular complexity index is 1130. The fraction of sp³-hybridized carbons (Fsp3) is 0.227. The lowest BCUT2D eigenvalue weighted by atomic mass is 9.97. The number of rotatable bonds is 6. The van der Waals surface area contributed by atoms with E-state index in [1.54, 1.807) is 31.2 Å². The fourth-order valence-electron chi connectivity index (χ4n) is 3.10. The molecule has 4 N–H and O–H groups in total. The van der Waals surface area contributed by atoms with Crippen LogP contribution in [0.1, 0.15) is 18.9 Å². The van der Waals surface area contributed by atoms with Gasteiger partial charge < -0.3 is 29.6 Å². The summed E-state index contributed by atoms with van der Waals surface area (Å²) in [6, 6.07) is 6.69. The van der Waals surface area contributed by atoms with E-state index < -0.39 is 28.8 Å². The number of phenols is 3. The molecule has 152 valence electrons. The van der Waals surface area contributed by atoms with E-state index in [-0.39, 0.29) is 34.9 Å². The number of hydrogen-bond donors (Lipinski definition) is 4. The summed E-state index contributed by atoms with van der Waals surface area (Å²) in [6.45, 7) is 5.30. The molecule has 0 aliphatic heterocycles. The number of aliphatic hydroxyl groups excluding tert-OH is 1. The molecule has 0 saturated carbocycles. The minimum atomic E-state index is -0.853. The van der Waals surface area contributed by atoms with Crippen molar-refractivity contribution in [3.63, 3.8) is 0 Å². The average Bonchev–Trinajstić information content (AvgIpc) is 2.71. The van der Waals surface area contributed by atoms with Gasteiger partial charge in [-0.3, -0.25) is 4.79 Å². The van der Waals surface area contributed by atoms with E-state index >= 15 is 0 Å². The maximum Gasteiger partial charge on any atom is 0.204 e. The third-order valence-corrected chi connectivity index (χ3v) is 4.88. The highest BCUT2D eigenvalue weighted by molar-refractivity contribution is 5.94. The summed E-state index contributed by atoms with van der Waals surface area (Å²) in [5.74, 6) is -1.11. The summed E-state index contributed by atoms with van der Waals surface area (Å²) in [7, 11) is 1.53. The Morgan fingerprint density at radius 3 is 2.38 bits per heavy atom. The molecular weight excluding hydrogens is 376 g/mol. The molecule has 0 bridgehead atoms. The Balaban J connectivity index is 2.16. The van der Waals surface area contributed by atoms with Gasteiger partial charge in [-0.15, -0.1) is 0 Å². The third-order valence-electron chi connectivity index (χ3n) is 4.88. The average molecular weight is 398 g/mol. The van der Waals surface area contributed by atoms with Crippen LogP contribution in [0, 0.1) is 0 Å². The molecule has 1 heterocycles. The van der Waals surface area contributed by atoms with Gasteiger partial charge in [-0.05, 0) is 37.5 Å². The number of benzene rings is 2. The molecule has 0 saturated heterocycles. The van der Waals surface area contributed by atoms with Crippen LogP contribution < -0.4 is 10.2 Å². The number of phenolic OH excluding ortho intramolecular Hbond substituents is 3. The monoisotopic (exact) mass is 398 g/mol. The first-order valence-electron chi connectivity index (χ1n) is 8.95. The Labute approximate surface area is 166 Å². The van der Waals surface area contributed by atoms with Crippen molar-refractivity contribution in [3.05, 3.63) is 58.5 Å². The summed E-state index contributed by atoms with van der Waals surface area (Å²) < 4.78 is 10.5. The van der Waals surface area contributed by atoms with Crippen LogP contribution in [0.15, 0.2) is 51.9 Å². The molecule has 0 aliphatic rings. The minimum Gasteiger partial charge on any atom is -0.507 e. The van der Waals surface area contributed by atoms with Crippen molar-refractivity contribution in [1.82, 2.24) is 0 Å². The third kappa shape index (κ3) is 3.64. The zero-order chi connectivity index (χ0) is 21.3. The predicted molar refractivity (Wildman–Crippen MR) is 109 cm³/mol. The molecule has 3 aromatic rings. The van der Waals surface area contributed by atoms with Gasteiger partial charge >= 0.3 is 0 Å². The van der Waals surface area contributed by atoms with E-state index in [0.29, 0.717) is 16.9 Å². The van der Waals surface area contributed by atoms with Gasteiger partial charge in [-0.1, -0.05) is 24.3 Å². The van der Waals surface area contributed by atoms with E-state index in [1.165, 1.54) is 7.11 Å². The first-order valence-corrected chi connectivity index (χ1v) is 8.95. The lowest BCUT2D eigenvalue weighted by Gasteiger charge is -2.14. The molecule has 1 unspecified atom stereocenters. The molecule has 7 heteroatoms. The summed E-state index contributed by atoms with van der Waals surface area (Å²) in [4.78, 5) is 13.1. The molecule has 1 aromatic heterocycles. The van der Waals surface area contributed by atoms with Crippen LogP contribution in [0.4, 0.5) is 0 Å². The van der Waals surface area contributed by atoms with E-state index in [4.69, 9.17) is 9.15 Å². The van der Waals surface area contributed by atoms with Crippen molar-refractivity contribution < 1.29 is 29.6 Å². The second-order valence-corrected chi connectivity index (χ2v) is 6.84. The van der Waals surface area contributed by atoms with Crippen LogP contribution in [0.25, 0.3) is 22.1 Å². The number of methoxy groups -OCH3 is 1. The van der Waals surface area contributed by atoms with Gasteiger partial charge in [-0.25, -0.2) is 0 Å². The summed E-state index contributed by atoms with van der Waals surface area (Å²) in [5.41, 5.74) is 0.309. The van der Waals surface area contributed by atoms with Gasteiger partial charge in [0.05, 0.1) is 18.8 Å². The molecule has 7 nitrogen and oxygen atoms in total. The van der Waals surface area contributed by atoms with E-state index in [1.807, 2.05) is 0 Å². The highest BCUT2D eigenvalue weighted by Gasteiger charge is 2.24. The molecule has 0 aliphatic carbocycles. The van der Waals surface area contributed by atoms with Crippen molar-refractivity contribution in [2.24, 2.45) is 0 Å². The lowest BCUT2D eigenvalue weighted by molar-refractivity contribution is 0.200. The smallest absolute Gasteiger partial charge is 0.204 e. The molecule has 0 fully saturated rings. The topological polar surface area (TPSA) is 120 Å². The van der Waals surface area contributed by atoms with Crippen LogP contribution in [0.5, 0.6) is 23.0 Å². The SMILES string of the molecule is C=C(C)C(O)CCc1c(O)c(O)c2occ(-c3ccc(OC)cc3)c(=O)c2c1O. The highest BCUT2D eigenvalue weighted by Crippen LogP contribution is 2.44. The van der Waals surface area contributed by atoms with Crippen LogP contribution >= 0.6 is 0 Å². The zero-order valence-corrected chi connectivity index (χ0v) is 16.1. The molecule has 29 heavy (non-hydrogen) atoms. The zero-order valence-electron chi connectivity index (χ0n) is 16.1. The maximum atomic E-state index is 13.1. The maximum absolute atomic E-state index is 13.1. The summed E-state index contributed by atoms with van der Waals surface area (Å²) >= 11 is 0. The minimum absolute atomic E-state index is 0.0153. The largest absolute Gasteiger partial charge is 0.507 e. The highest BCUT2D eigenvalue weighted by atomic mass is 16.5. The van der Waals surface area contributed by atoms with Crippen molar-refractivity contribution in [2.75, 3.05) is 7.11 Å². The Morgan fingerprint density at radius 2 is 1.79 bits per heavy atom. The predicted octanol–water partition coefficient (Wildman–Crippen LogP) is 3.46. The van der Waals surface area contributed by atoms with Crippen LogP contribution in [0.3, 0.4) is 0 Å². The normalized spacial score (nSPS) is 12.1. The van der Waals surface area contributed by atoms with Crippen molar-refractivity contribution in [2.45, 2.75) is 25.9 Å². The molecule has 0 spiro atoms. The Hall–Kier alpha value is -3.45. The fourth-order valence-corrected chi connectivity index (χ4v) is 3.10. The first-order chi connectivity index (χ1) is 13.8. The molecule has 0 amide bonds. The van der Waals surface area contributed by atoms with E-state index in [9.17, 15) is 25.2 Å². The Morgan fingerprint density at radius 1 is 1.14 bits per heavy atom. The molecule has 0 radical (unpaired) electrons. The van der Waals surface area contributed by atoms with Gasteiger partial charge in [0.15, 0.2) is 11.3 Å². The summed E-state index contributed by atoms with van der Waals surface area (Å²) in [6.07, 6.45) is 0.468. The van der Waals surface area contributed by atoms with Gasteiger partial charge in [0, 0.05) is 5.56 Å². The molecular formula is C22H22O7. The van der Waals surface area contributed by atoms with Crippen molar-refractivity contribution >= 4 is 11.0 Å². The molecule has 1 atom stereocenters. The van der Waals surface area contributed by atoms with Gasteiger partial charge in [-0.2, -0.15) is 0 Å². The first kappa shape index (κ1) is 20.3. The van der Waals surface area contributed by atoms with Crippen LogP contribution in [-0.2, 0) is 6.42 Å². The lowest BCUT2D eigenvalue weighted by Crippen LogP contribution is -2.10. The number of fused-ring (bicyclic) bond motifs is 1. The second kappa shape index (κ2) is 7.89. The second-order valence-electron chi connectivity index (χ2n) is 6.84. The number of ether oxygens (including phenoxy) is 1. The van der Waals surface area contributed by atoms with Crippen molar-refractivity contribution in [1.29, 1.82) is 0 Å². The number of aromatic hydroxyl groups is 3. The Kier molecular flexibility index (Phi) is 5.52. The van der Waals surface area contributed by atoms with Gasteiger partial charge in [0.25, 0.3) is 0 Å². The number of aliphatic hydroxyl groups is 1. The summed E-state index contributed by atoms with van der Waals surface area (Å²) in [5, 5.41) is 40.9. The number of hydrogen-bond acceptors (Lipinski definition) is 7. The van der Waals surface area contributed by atoms with Crippen LogP contribution in [0.2, 0.25) is 0 Å². The standard InChI is InChI=1S/C22H22O7/c1-11(2)16(23)9-8-14-18(24)17-19(25)15(10-29-22(17)21(27)20(14)26)12-4-6-13(28-3)7-5-12/h4-7,10,16,23-24,26-27H,1,8-9H2,2-3H3. The van der Waals surface area contributed by atoms with Crippen molar-refractivity contribution in [3.8, 4) is 34.1 Å². The molecule has 2 aromatic carbocycles. The quantitative estimate of drug-likeness (QED) is 0.285.